The van der Waals surface area contributed by atoms with E-state index in [-0.39, 0.29) is 18.3 Å². The number of rotatable bonds is 7. The number of para-hydroxylation sites is 2. The number of hydrogen-bond donors (Lipinski definition) is 2. The minimum Gasteiger partial charge on any atom is -0.505 e. The number of nitrogens with zero attached hydrogens (tertiary/aromatic N) is 1. The Morgan fingerprint density at radius 3 is 2.59 bits per heavy atom. The van der Waals surface area contributed by atoms with Gasteiger partial charge in [0.1, 0.15) is 22.8 Å². The van der Waals surface area contributed by atoms with Gasteiger partial charge in [0.15, 0.2) is 6.61 Å². The van der Waals surface area contributed by atoms with Gasteiger partial charge in [0, 0.05) is 22.7 Å². The van der Waals surface area contributed by atoms with E-state index in [0.717, 1.165) is 0 Å². The quantitative estimate of drug-likeness (QED) is 0.421. The number of carbonyl (C=O) groups is 1. The predicted octanol–water partition coefficient (Wildman–Crippen LogP) is 4.89. The zero-order valence-electron chi connectivity index (χ0n) is 17.3. The van der Waals surface area contributed by atoms with Crippen LogP contribution >= 0.6 is 11.6 Å². The number of benzene rings is 3. The zero-order chi connectivity index (χ0) is 22.5. The number of halogens is 1. The van der Waals surface area contributed by atoms with Gasteiger partial charge in [-0.3, -0.25) is 9.78 Å². The number of ether oxygens (including phenoxy) is 2. The minimum atomic E-state index is -0.748. The molecule has 0 saturated carbocycles. The van der Waals surface area contributed by atoms with Crippen LogP contribution in [-0.4, -0.2) is 29.7 Å². The van der Waals surface area contributed by atoms with Gasteiger partial charge in [-0.05, 0) is 36.4 Å². The lowest BCUT2D eigenvalue weighted by Crippen LogP contribution is -2.33. The SMILES string of the molecule is COc1ccccc1[C@@H](NC(=O)COc1ccccc1)c1cc(Cl)c2cccnc2c1O. The number of fused-ring (bicyclic) bond motifs is 1. The lowest BCUT2D eigenvalue weighted by molar-refractivity contribution is -0.123. The number of methoxy groups -OCH3 is 1. The molecule has 0 aliphatic carbocycles. The van der Waals surface area contributed by atoms with Crippen molar-refractivity contribution >= 4 is 28.4 Å². The maximum absolute atomic E-state index is 12.8. The topological polar surface area (TPSA) is 80.7 Å². The molecule has 162 valence electrons. The smallest absolute Gasteiger partial charge is 0.258 e. The fourth-order valence-electron chi connectivity index (χ4n) is 3.52. The van der Waals surface area contributed by atoms with Crippen LogP contribution in [0.25, 0.3) is 10.9 Å². The van der Waals surface area contributed by atoms with Crippen molar-refractivity contribution in [2.24, 2.45) is 0 Å². The van der Waals surface area contributed by atoms with Gasteiger partial charge in [-0.25, -0.2) is 0 Å². The molecule has 7 heteroatoms. The number of hydrogen-bond acceptors (Lipinski definition) is 5. The number of amides is 1. The maximum Gasteiger partial charge on any atom is 0.258 e. The summed E-state index contributed by atoms with van der Waals surface area (Å²) in [6.45, 7) is -0.198. The summed E-state index contributed by atoms with van der Waals surface area (Å²) in [4.78, 5) is 17.1. The van der Waals surface area contributed by atoms with Gasteiger partial charge in [0.05, 0.1) is 18.2 Å². The van der Waals surface area contributed by atoms with Crippen molar-refractivity contribution < 1.29 is 19.4 Å². The van der Waals surface area contributed by atoms with E-state index in [1.165, 1.54) is 0 Å². The highest BCUT2D eigenvalue weighted by Gasteiger charge is 2.25. The van der Waals surface area contributed by atoms with Crippen LogP contribution in [0.2, 0.25) is 5.02 Å². The first-order chi connectivity index (χ1) is 15.6. The first kappa shape index (κ1) is 21.5. The highest BCUT2D eigenvalue weighted by molar-refractivity contribution is 6.35. The standard InChI is InChI=1S/C25H21ClN2O4/c1-31-21-12-6-5-10-18(21)23(28-22(29)15-32-16-8-3-2-4-9-16)19-14-20(26)17-11-7-13-27-24(17)25(19)30/h2-14,23,30H,15H2,1H3,(H,28,29)/t23-/m1/s1. The Bertz CT molecular complexity index is 1250. The third-order valence-electron chi connectivity index (χ3n) is 5.02. The van der Waals surface area contributed by atoms with Crippen LogP contribution in [0, 0.1) is 0 Å². The van der Waals surface area contributed by atoms with Gasteiger partial charge < -0.3 is 19.9 Å². The van der Waals surface area contributed by atoms with Crippen LogP contribution in [0.3, 0.4) is 0 Å². The molecule has 4 rings (SSSR count). The summed E-state index contributed by atoms with van der Waals surface area (Å²) in [5.41, 5.74) is 1.41. The molecule has 0 bridgehead atoms. The molecule has 1 atom stereocenters. The molecule has 2 N–H and O–H groups in total. The summed E-state index contributed by atoms with van der Waals surface area (Å²) >= 11 is 6.50. The molecule has 4 aromatic rings. The number of carbonyl (C=O) groups excluding carboxylic acids is 1. The summed E-state index contributed by atoms with van der Waals surface area (Å²) in [5, 5.41) is 15.0. The van der Waals surface area contributed by atoms with E-state index in [9.17, 15) is 9.90 Å². The third kappa shape index (κ3) is 4.45. The lowest BCUT2D eigenvalue weighted by Gasteiger charge is -2.23. The molecular weight excluding hydrogens is 428 g/mol. The molecule has 6 nitrogen and oxygen atoms in total. The van der Waals surface area contributed by atoms with E-state index in [2.05, 4.69) is 10.3 Å². The van der Waals surface area contributed by atoms with Crippen molar-refractivity contribution in [1.82, 2.24) is 10.3 Å². The summed E-state index contributed by atoms with van der Waals surface area (Å²) in [5.74, 6) is 0.697. The van der Waals surface area contributed by atoms with Crippen LogP contribution in [0.5, 0.6) is 17.2 Å². The van der Waals surface area contributed by atoms with Crippen LogP contribution in [0.4, 0.5) is 0 Å². The Morgan fingerprint density at radius 1 is 1.06 bits per heavy atom. The van der Waals surface area contributed by atoms with Gasteiger partial charge in [-0.1, -0.05) is 48.0 Å². The second-order valence-electron chi connectivity index (χ2n) is 7.04. The number of aromatic nitrogens is 1. The van der Waals surface area contributed by atoms with E-state index in [4.69, 9.17) is 21.1 Å². The molecular formula is C25H21ClN2O4. The van der Waals surface area contributed by atoms with Gasteiger partial charge >= 0.3 is 0 Å². The Balaban J connectivity index is 1.73. The monoisotopic (exact) mass is 448 g/mol. The van der Waals surface area contributed by atoms with Gasteiger partial charge in [-0.2, -0.15) is 0 Å². The Morgan fingerprint density at radius 2 is 1.81 bits per heavy atom. The van der Waals surface area contributed by atoms with Crippen molar-refractivity contribution in [3.63, 3.8) is 0 Å². The molecule has 0 radical (unpaired) electrons. The average Bonchev–Trinajstić information content (AvgIpc) is 2.84. The lowest BCUT2D eigenvalue weighted by atomic mass is 9.95. The fraction of sp³-hybridized carbons (Fsp3) is 0.120. The number of nitrogens with one attached hydrogen (secondary N) is 1. The highest BCUT2D eigenvalue weighted by Crippen LogP contribution is 2.40. The molecule has 0 aliphatic heterocycles. The molecule has 1 heterocycles. The first-order valence-corrected chi connectivity index (χ1v) is 10.3. The third-order valence-corrected chi connectivity index (χ3v) is 5.34. The molecule has 0 saturated heterocycles. The molecule has 0 spiro atoms. The van der Waals surface area contributed by atoms with E-state index < -0.39 is 6.04 Å². The van der Waals surface area contributed by atoms with Crippen molar-refractivity contribution in [3.8, 4) is 17.2 Å². The van der Waals surface area contributed by atoms with E-state index >= 15 is 0 Å². The predicted molar refractivity (Wildman–Crippen MR) is 123 cm³/mol. The zero-order valence-corrected chi connectivity index (χ0v) is 18.0. The van der Waals surface area contributed by atoms with Gasteiger partial charge in [0.25, 0.3) is 5.91 Å². The van der Waals surface area contributed by atoms with Gasteiger partial charge in [0.2, 0.25) is 0 Å². The highest BCUT2D eigenvalue weighted by atomic mass is 35.5. The van der Waals surface area contributed by atoms with E-state index in [1.807, 2.05) is 36.4 Å². The van der Waals surface area contributed by atoms with Crippen molar-refractivity contribution in [2.75, 3.05) is 13.7 Å². The second kappa shape index (κ2) is 9.58. The largest absolute Gasteiger partial charge is 0.505 e. The second-order valence-corrected chi connectivity index (χ2v) is 7.45. The molecule has 32 heavy (non-hydrogen) atoms. The van der Waals surface area contributed by atoms with E-state index in [1.54, 1.807) is 49.7 Å². The summed E-state index contributed by atoms with van der Waals surface area (Å²) in [6.07, 6.45) is 1.58. The van der Waals surface area contributed by atoms with Crippen molar-refractivity contribution in [2.45, 2.75) is 6.04 Å². The number of phenols is 1. The Labute approximate surface area is 190 Å². The average molecular weight is 449 g/mol. The van der Waals surface area contributed by atoms with Crippen LogP contribution < -0.4 is 14.8 Å². The van der Waals surface area contributed by atoms with Crippen LogP contribution in [0.1, 0.15) is 17.2 Å². The van der Waals surface area contributed by atoms with Crippen LogP contribution in [-0.2, 0) is 4.79 Å². The van der Waals surface area contributed by atoms with Gasteiger partial charge in [-0.15, -0.1) is 0 Å². The summed E-state index contributed by atoms with van der Waals surface area (Å²) < 4.78 is 11.1. The molecule has 3 aromatic carbocycles. The molecule has 0 fully saturated rings. The first-order valence-electron chi connectivity index (χ1n) is 9.94. The summed E-state index contributed by atoms with van der Waals surface area (Å²) in [7, 11) is 1.55. The Hall–Kier alpha value is -3.77. The fourth-order valence-corrected chi connectivity index (χ4v) is 3.79. The minimum absolute atomic E-state index is 0.0646. The molecule has 0 aliphatic rings. The van der Waals surface area contributed by atoms with Crippen molar-refractivity contribution in [1.29, 1.82) is 0 Å². The number of pyridine rings is 1. The maximum atomic E-state index is 12.8. The number of aromatic hydroxyl groups is 1. The Kier molecular flexibility index (Phi) is 6.42. The molecule has 0 unspecified atom stereocenters. The van der Waals surface area contributed by atoms with E-state index in [0.29, 0.717) is 38.6 Å². The summed E-state index contributed by atoms with van der Waals surface area (Å²) in [6, 6.07) is 20.7. The van der Waals surface area contributed by atoms with Crippen molar-refractivity contribution in [3.05, 3.63) is 95.1 Å². The van der Waals surface area contributed by atoms with Crippen LogP contribution in [0.15, 0.2) is 79.0 Å². The normalized spacial score (nSPS) is 11.7. The molecule has 1 aromatic heterocycles. The molecule has 1 amide bonds. The number of phenolic OH excluding ortho intramolecular Hbond substituents is 1.